The molecule has 1 aromatic rings. The van der Waals surface area contributed by atoms with Crippen LogP contribution in [-0.4, -0.2) is 45.3 Å². The fraction of sp³-hybridized carbons (Fsp3) is 0.500. The molecule has 0 bridgehead atoms. The summed E-state index contributed by atoms with van der Waals surface area (Å²) in [6, 6.07) is 5.91. The maximum absolute atomic E-state index is 5.70. The van der Waals surface area contributed by atoms with Crippen LogP contribution in [-0.2, 0) is 4.74 Å². The number of nitrogens with zero attached hydrogens (tertiary/aromatic N) is 1. The van der Waals surface area contributed by atoms with Gasteiger partial charge in [0, 0.05) is 41.7 Å². The second kappa shape index (κ2) is 7.73. The van der Waals surface area contributed by atoms with Gasteiger partial charge in [0.25, 0.3) is 0 Å². The molecule has 0 radical (unpaired) electrons. The number of hydrogen-bond donors (Lipinski definition) is 2. The highest BCUT2D eigenvalue weighted by Crippen LogP contribution is 2.20. The molecule has 0 fully saturated rings. The van der Waals surface area contributed by atoms with Crippen molar-refractivity contribution in [1.29, 1.82) is 0 Å². The SMILES string of the molecule is COCCN(C)CCNc1ccc(N)cc1I. The molecule has 0 amide bonds. The first-order valence-electron chi connectivity index (χ1n) is 5.60. The summed E-state index contributed by atoms with van der Waals surface area (Å²) in [4.78, 5) is 2.24. The molecular weight excluding hydrogens is 329 g/mol. The molecule has 0 saturated carbocycles. The molecule has 0 unspecified atom stereocenters. The van der Waals surface area contributed by atoms with Gasteiger partial charge >= 0.3 is 0 Å². The minimum atomic E-state index is 0.774. The van der Waals surface area contributed by atoms with Crippen molar-refractivity contribution in [1.82, 2.24) is 4.90 Å². The molecule has 1 rings (SSSR count). The molecular formula is C12H20IN3O. The number of anilines is 2. The molecule has 1 aromatic carbocycles. The van der Waals surface area contributed by atoms with E-state index in [4.69, 9.17) is 10.5 Å². The van der Waals surface area contributed by atoms with Crippen LogP contribution in [0.25, 0.3) is 0 Å². The Morgan fingerprint density at radius 2 is 2.18 bits per heavy atom. The highest BCUT2D eigenvalue weighted by atomic mass is 127. The van der Waals surface area contributed by atoms with E-state index in [9.17, 15) is 0 Å². The molecule has 0 saturated heterocycles. The van der Waals surface area contributed by atoms with E-state index >= 15 is 0 Å². The van der Waals surface area contributed by atoms with Crippen molar-refractivity contribution in [2.24, 2.45) is 0 Å². The Labute approximate surface area is 117 Å². The van der Waals surface area contributed by atoms with E-state index in [1.165, 1.54) is 0 Å². The third-order valence-corrected chi connectivity index (χ3v) is 3.37. The van der Waals surface area contributed by atoms with Crippen LogP contribution in [0.4, 0.5) is 11.4 Å². The van der Waals surface area contributed by atoms with E-state index in [0.29, 0.717) is 0 Å². The van der Waals surface area contributed by atoms with Gasteiger partial charge in [-0.05, 0) is 47.8 Å². The summed E-state index contributed by atoms with van der Waals surface area (Å²) >= 11 is 2.29. The van der Waals surface area contributed by atoms with Crippen molar-refractivity contribution in [2.75, 3.05) is 51.4 Å². The number of halogens is 1. The third kappa shape index (κ3) is 5.56. The predicted octanol–water partition coefficient (Wildman–Crippen LogP) is 1.86. The number of rotatable bonds is 7. The molecule has 0 aliphatic heterocycles. The fourth-order valence-electron chi connectivity index (χ4n) is 1.42. The lowest BCUT2D eigenvalue weighted by atomic mass is 10.3. The molecule has 96 valence electrons. The number of nitrogens with one attached hydrogen (secondary N) is 1. The maximum Gasteiger partial charge on any atom is 0.0589 e. The van der Waals surface area contributed by atoms with Crippen LogP contribution < -0.4 is 11.1 Å². The Balaban J connectivity index is 2.30. The van der Waals surface area contributed by atoms with Crippen LogP contribution in [0.5, 0.6) is 0 Å². The number of nitrogens with two attached hydrogens (primary N) is 1. The highest BCUT2D eigenvalue weighted by Gasteiger charge is 2.01. The Morgan fingerprint density at radius 1 is 1.41 bits per heavy atom. The largest absolute Gasteiger partial charge is 0.399 e. The molecule has 3 N–H and O–H groups in total. The van der Waals surface area contributed by atoms with Crippen LogP contribution in [0.3, 0.4) is 0 Å². The van der Waals surface area contributed by atoms with Crippen molar-refractivity contribution < 1.29 is 4.74 Å². The molecule has 0 spiro atoms. The van der Waals surface area contributed by atoms with Crippen LogP contribution in [0.15, 0.2) is 18.2 Å². The number of likely N-dealkylation sites (N-methyl/N-ethyl adjacent to an activating group) is 1. The van der Waals surface area contributed by atoms with Gasteiger partial charge in [-0.15, -0.1) is 0 Å². The summed E-state index contributed by atoms with van der Waals surface area (Å²) in [7, 11) is 3.82. The van der Waals surface area contributed by atoms with Gasteiger partial charge in [0.1, 0.15) is 0 Å². The average molecular weight is 349 g/mol. The predicted molar refractivity (Wildman–Crippen MR) is 81.4 cm³/mol. The normalized spacial score (nSPS) is 10.8. The van der Waals surface area contributed by atoms with Crippen LogP contribution >= 0.6 is 22.6 Å². The highest BCUT2D eigenvalue weighted by molar-refractivity contribution is 14.1. The second-order valence-electron chi connectivity index (χ2n) is 3.96. The van der Waals surface area contributed by atoms with Gasteiger partial charge in [-0.25, -0.2) is 0 Å². The summed E-state index contributed by atoms with van der Waals surface area (Å²) in [6.07, 6.45) is 0. The minimum Gasteiger partial charge on any atom is -0.399 e. The monoisotopic (exact) mass is 349 g/mol. The number of nitrogen functional groups attached to an aromatic ring is 1. The third-order valence-electron chi connectivity index (χ3n) is 2.48. The van der Waals surface area contributed by atoms with E-state index < -0.39 is 0 Å². The molecule has 5 heteroatoms. The second-order valence-corrected chi connectivity index (χ2v) is 5.12. The number of hydrogen-bond acceptors (Lipinski definition) is 4. The smallest absolute Gasteiger partial charge is 0.0589 e. The first-order chi connectivity index (χ1) is 8.13. The van der Waals surface area contributed by atoms with Gasteiger partial charge < -0.3 is 20.7 Å². The summed E-state index contributed by atoms with van der Waals surface area (Å²) in [5.41, 5.74) is 7.65. The zero-order valence-electron chi connectivity index (χ0n) is 10.4. The van der Waals surface area contributed by atoms with Gasteiger partial charge in [-0.1, -0.05) is 0 Å². The van der Waals surface area contributed by atoms with E-state index in [0.717, 1.165) is 41.2 Å². The molecule has 0 atom stereocenters. The van der Waals surface area contributed by atoms with Crippen molar-refractivity contribution >= 4 is 34.0 Å². The quantitative estimate of drug-likeness (QED) is 0.583. The standard InChI is InChI=1S/C12H20IN3O/c1-16(7-8-17-2)6-5-15-12-4-3-10(14)9-11(12)13/h3-4,9,15H,5-8,14H2,1-2H3. The van der Waals surface area contributed by atoms with Gasteiger partial charge in [0.2, 0.25) is 0 Å². The lowest BCUT2D eigenvalue weighted by Gasteiger charge is -2.17. The summed E-state index contributed by atoms with van der Waals surface area (Å²) in [5.74, 6) is 0. The van der Waals surface area contributed by atoms with Gasteiger partial charge in [0.15, 0.2) is 0 Å². The van der Waals surface area contributed by atoms with Crippen LogP contribution in [0, 0.1) is 3.57 Å². The average Bonchev–Trinajstić information content (AvgIpc) is 2.29. The van der Waals surface area contributed by atoms with Gasteiger partial charge in [0.05, 0.1) is 6.61 Å². The van der Waals surface area contributed by atoms with E-state index in [1.807, 2.05) is 18.2 Å². The Bertz CT molecular complexity index is 347. The zero-order chi connectivity index (χ0) is 12.7. The van der Waals surface area contributed by atoms with E-state index in [1.54, 1.807) is 7.11 Å². The zero-order valence-corrected chi connectivity index (χ0v) is 12.5. The van der Waals surface area contributed by atoms with Crippen LogP contribution in [0.2, 0.25) is 0 Å². The number of ether oxygens (including phenoxy) is 1. The lowest BCUT2D eigenvalue weighted by molar-refractivity contribution is 0.163. The molecule has 0 aromatic heterocycles. The Hall–Kier alpha value is -0.530. The van der Waals surface area contributed by atoms with E-state index in [2.05, 4.69) is 39.9 Å². The molecule has 0 aliphatic rings. The lowest BCUT2D eigenvalue weighted by Crippen LogP contribution is -2.28. The van der Waals surface area contributed by atoms with Crippen LogP contribution in [0.1, 0.15) is 0 Å². The Morgan fingerprint density at radius 3 is 2.82 bits per heavy atom. The first-order valence-corrected chi connectivity index (χ1v) is 6.67. The van der Waals surface area contributed by atoms with Gasteiger partial charge in [-0.2, -0.15) is 0 Å². The number of benzene rings is 1. The molecule has 0 heterocycles. The molecule has 17 heavy (non-hydrogen) atoms. The van der Waals surface area contributed by atoms with Crippen molar-refractivity contribution in [2.45, 2.75) is 0 Å². The number of methoxy groups -OCH3 is 1. The Kier molecular flexibility index (Phi) is 6.61. The van der Waals surface area contributed by atoms with Gasteiger partial charge in [-0.3, -0.25) is 0 Å². The first kappa shape index (κ1) is 14.5. The summed E-state index contributed by atoms with van der Waals surface area (Å²) < 4.78 is 6.19. The van der Waals surface area contributed by atoms with E-state index in [-0.39, 0.29) is 0 Å². The van der Waals surface area contributed by atoms with Crippen molar-refractivity contribution in [3.63, 3.8) is 0 Å². The fourth-order valence-corrected chi connectivity index (χ4v) is 2.15. The maximum atomic E-state index is 5.70. The summed E-state index contributed by atoms with van der Waals surface area (Å²) in [5, 5.41) is 3.40. The topological polar surface area (TPSA) is 50.5 Å². The molecule has 0 aliphatic carbocycles. The van der Waals surface area contributed by atoms with Crippen molar-refractivity contribution in [3.05, 3.63) is 21.8 Å². The minimum absolute atomic E-state index is 0.774. The van der Waals surface area contributed by atoms with Crippen molar-refractivity contribution in [3.8, 4) is 0 Å². The summed E-state index contributed by atoms with van der Waals surface area (Å²) in [6.45, 7) is 3.64. The molecule has 4 nitrogen and oxygen atoms in total.